The molecule has 0 unspecified atom stereocenters. The molecule has 0 saturated heterocycles. The molecule has 3 nitrogen and oxygen atoms in total. The molecule has 0 bridgehead atoms. The second kappa shape index (κ2) is 6.28. The van der Waals surface area contributed by atoms with E-state index in [0.717, 1.165) is 5.56 Å². The molecule has 0 aliphatic heterocycles. The second-order valence-corrected chi connectivity index (χ2v) is 11.4. The van der Waals surface area contributed by atoms with E-state index in [1.165, 1.54) is 12.1 Å². The van der Waals surface area contributed by atoms with Gasteiger partial charge < -0.3 is 5.32 Å². The predicted molar refractivity (Wildman–Crippen MR) is 93.6 cm³/mol. The Morgan fingerprint density at radius 2 is 1.50 bits per heavy atom. The van der Waals surface area contributed by atoms with E-state index < -0.39 is 8.07 Å². The standard InChI is InChI=1S/C18H21NO2Si/c1-13(20)19-15-11-9-14(10-12-15)18(21)16-7-5-6-8-17(16)22(2,3)4/h5-12H,1-4H3,(H,19,20). The number of benzene rings is 2. The second-order valence-electron chi connectivity index (χ2n) is 6.38. The molecule has 1 N–H and O–H groups in total. The zero-order valence-corrected chi connectivity index (χ0v) is 14.4. The van der Waals surface area contributed by atoms with Crippen LogP contribution in [0.25, 0.3) is 0 Å². The molecule has 2 rings (SSSR count). The lowest BCUT2D eigenvalue weighted by Crippen LogP contribution is -2.41. The average molecular weight is 311 g/mol. The molecule has 0 aliphatic rings. The summed E-state index contributed by atoms with van der Waals surface area (Å²) in [4.78, 5) is 23.8. The van der Waals surface area contributed by atoms with E-state index in [4.69, 9.17) is 0 Å². The van der Waals surface area contributed by atoms with Crippen molar-refractivity contribution in [2.75, 3.05) is 5.32 Å². The molecule has 2 aromatic rings. The molecule has 0 radical (unpaired) electrons. The summed E-state index contributed by atoms with van der Waals surface area (Å²) in [6, 6.07) is 14.9. The molecule has 114 valence electrons. The molecule has 0 heterocycles. The van der Waals surface area contributed by atoms with Crippen molar-refractivity contribution in [1.82, 2.24) is 0 Å². The van der Waals surface area contributed by atoms with Gasteiger partial charge in [-0.25, -0.2) is 0 Å². The lowest BCUT2D eigenvalue weighted by Gasteiger charge is -2.20. The first kappa shape index (κ1) is 16.2. The number of nitrogens with one attached hydrogen (secondary N) is 1. The van der Waals surface area contributed by atoms with E-state index in [-0.39, 0.29) is 11.7 Å². The van der Waals surface area contributed by atoms with Crippen LogP contribution >= 0.6 is 0 Å². The van der Waals surface area contributed by atoms with Crippen molar-refractivity contribution in [3.63, 3.8) is 0 Å². The fraction of sp³-hybridized carbons (Fsp3) is 0.222. The van der Waals surface area contributed by atoms with Gasteiger partial charge >= 0.3 is 0 Å². The number of hydrogen-bond acceptors (Lipinski definition) is 2. The van der Waals surface area contributed by atoms with Crippen molar-refractivity contribution >= 4 is 30.6 Å². The molecule has 0 spiro atoms. The number of rotatable bonds is 4. The third kappa shape index (κ3) is 3.71. The maximum absolute atomic E-state index is 12.8. The number of anilines is 1. The van der Waals surface area contributed by atoms with Crippen LogP contribution in [-0.4, -0.2) is 19.8 Å². The van der Waals surface area contributed by atoms with Crippen LogP contribution in [0.2, 0.25) is 19.6 Å². The third-order valence-corrected chi connectivity index (χ3v) is 5.50. The number of carbonyl (C=O) groups excluding carboxylic acids is 2. The van der Waals surface area contributed by atoms with Gasteiger partial charge in [-0.05, 0) is 29.5 Å². The summed E-state index contributed by atoms with van der Waals surface area (Å²) in [6.07, 6.45) is 0. The summed E-state index contributed by atoms with van der Waals surface area (Å²) in [5.41, 5.74) is 2.12. The highest BCUT2D eigenvalue weighted by molar-refractivity contribution is 6.89. The number of carbonyl (C=O) groups is 2. The monoisotopic (exact) mass is 311 g/mol. The van der Waals surface area contributed by atoms with Crippen LogP contribution in [0, 0.1) is 0 Å². The van der Waals surface area contributed by atoms with Gasteiger partial charge in [-0.15, -0.1) is 0 Å². The largest absolute Gasteiger partial charge is 0.326 e. The number of hydrogen-bond donors (Lipinski definition) is 1. The molecule has 0 saturated carbocycles. The topological polar surface area (TPSA) is 46.2 Å². The molecule has 0 fully saturated rings. The van der Waals surface area contributed by atoms with Crippen LogP contribution in [0.15, 0.2) is 48.5 Å². The van der Waals surface area contributed by atoms with Crippen LogP contribution in [0.1, 0.15) is 22.8 Å². The number of amides is 1. The van der Waals surface area contributed by atoms with Gasteiger partial charge in [0.05, 0.1) is 8.07 Å². The lowest BCUT2D eigenvalue weighted by atomic mass is 10.0. The lowest BCUT2D eigenvalue weighted by molar-refractivity contribution is -0.114. The summed E-state index contributed by atoms with van der Waals surface area (Å²) in [5, 5.41) is 3.88. The van der Waals surface area contributed by atoms with E-state index >= 15 is 0 Å². The van der Waals surface area contributed by atoms with Crippen LogP contribution in [0.3, 0.4) is 0 Å². The van der Waals surface area contributed by atoms with Gasteiger partial charge in [0, 0.05) is 23.7 Å². The van der Waals surface area contributed by atoms with E-state index in [2.05, 4.69) is 31.0 Å². The zero-order valence-electron chi connectivity index (χ0n) is 13.4. The predicted octanol–water partition coefficient (Wildman–Crippen LogP) is 3.42. The summed E-state index contributed by atoms with van der Waals surface area (Å²) in [7, 11) is -1.58. The van der Waals surface area contributed by atoms with Crippen LogP contribution in [-0.2, 0) is 4.79 Å². The maximum Gasteiger partial charge on any atom is 0.221 e. The molecular weight excluding hydrogens is 290 g/mol. The first-order valence-electron chi connectivity index (χ1n) is 7.31. The van der Waals surface area contributed by atoms with Gasteiger partial charge in [-0.3, -0.25) is 9.59 Å². The van der Waals surface area contributed by atoms with Gasteiger partial charge in [0.15, 0.2) is 5.78 Å². The molecular formula is C18H21NO2Si. The SMILES string of the molecule is CC(=O)Nc1ccc(C(=O)c2ccccc2[Si](C)(C)C)cc1. The molecule has 0 aromatic heterocycles. The Hall–Kier alpha value is -2.20. The van der Waals surface area contributed by atoms with E-state index in [9.17, 15) is 9.59 Å². The molecule has 1 amide bonds. The minimum Gasteiger partial charge on any atom is -0.326 e. The minimum absolute atomic E-state index is 0.0346. The van der Waals surface area contributed by atoms with Crippen LogP contribution in [0.4, 0.5) is 5.69 Å². The minimum atomic E-state index is -1.58. The first-order valence-corrected chi connectivity index (χ1v) is 10.8. The Labute approximate surface area is 132 Å². The van der Waals surface area contributed by atoms with Gasteiger partial charge in [0.25, 0.3) is 0 Å². The summed E-state index contributed by atoms with van der Waals surface area (Å²) in [6.45, 7) is 8.17. The van der Waals surface area contributed by atoms with Crippen molar-refractivity contribution in [1.29, 1.82) is 0 Å². The van der Waals surface area contributed by atoms with E-state index in [1.54, 1.807) is 24.3 Å². The molecule has 22 heavy (non-hydrogen) atoms. The Kier molecular flexibility index (Phi) is 4.61. The zero-order chi connectivity index (χ0) is 16.3. The Balaban J connectivity index is 2.35. The van der Waals surface area contributed by atoms with E-state index in [1.807, 2.05) is 18.2 Å². The number of ketones is 1. The normalized spacial score (nSPS) is 11.1. The van der Waals surface area contributed by atoms with Gasteiger partial charge in [-0.2, -0.15) is 0 Å². The highest BCUT2D eigenvalue weighted by Gasteiger charge is 2.23. The highest BCUT2D eigenvalue weighted by Crippen LogP contribution is 2.15. The average Bonchev–Trinajstić information content (AvgIpc) is 2.46. The van der Waals surface area contributed by atoms with Crippen molar-refractivity contribution in [2.24, 2.45) is 0 Å². The molecule has 2 aromatic carbocycles. The first-order chi connectivity index (χ1) is 10.3. The maximum atomic E-state index is 12.8. The Morgan fingerprint density at radius 3 is 2.05 bits per heavy atom. The molecule has 4 heteroatoms. The fourth-order valence-corrected chi connectivity index (χ4v) is 4.00. The Bertz CT molecular complexity index is 700. The van der Waals surface area contributed by atoms with Gasteiger partial charge in [0.1, 0.15) is 0 Å². The van der Waals surface area contributed by atoms with Gasteiger partial charge in [-0.1, -0.05) is 43.9 Å². The van der Waals surface area contributed by atoms with Crippen molar-refractivity contribution < 1.29 is 9.59 Å². The molecule has 0 atom stereocenters. The summed E-state index contributed by atoms with van der Waals surface area (Å²) < 4.78 is 0. The highest BCUT2D eigenvalue weighted by atomic mass is 28.3. The van der Waals surface area contributed by atoms with Crippen LogP contribution in [0.5, 0.6) is 0 Å². The summed E-state index contributed by atoms with van der Waals surface area (Å²) in [5.74, 6) is -0.0874. The molecule has 0 aliphatic carbocycles. The smallest absolute Gasteiger partial charge is 0.221 e. The van der Waals surface area contributed by atoms with Crippen molar-refractivity contribution in [3.8, 4) is 0 Å². The Morgan fingerprint density at radius 1 is 0.909 bits per heavy atom. The van der Waals surface area contributed by atoms with Crippen molar-refractivity contribution in [2.45, 2.75) is 26.6 Å². The fourth-order valence-electron chi connectivity index (χ4n) is 2.40. The van der Waals surface area contributed by atoms with E-state index in [0.29, 0.717) is 11.3 Å². The quantitative estimate of drug-likeness (QED) is 0.694. The van der Waals surface area contributed by atoms with Gasteiger partial charge in [0.2, 0.25) is 5.91 Å². The van der Waals surface area contributed by atoms with Crippen molar-refractivity contribution in [3.05, 3.63) is 59.7 Å². The van der Waals surface area contributed by atoms with Crippen LogP contribution < -0.4 is 10.5 Å². The summed E-state index contributed by atoms with van der Waals surface area (Å²) >= 11 is 0. The third-order valence-electron chi connectivity index (χ3n) is 3.45.